The van der Waals surface area contributed by atoms with Crippen molar-refractivity contribution < 1.29 is 18.7 Å². The number of benzene rings is 1. The van der Waals surface area contributed by atoms with Crippen LogP contribution in [0.4, 0.5) is 9.18 Å². The second-order valence-electron chi connectivity index (χ2n) is 9.09. The van der Waals surface area contributed by atoms with E-state index in [-0.39, 0.29) is 36.5 Å². The third-order valence-corrected chi connectivity index (χ3v) is 7.79. The van der Waals surface area contributed by atoms with Crippen molar-refractivity contribution >= 4 is 59.8 Å². The van der Waals surface area contributed by atoms with Crippen molar-refractivity contribution in [3.63, 3.8) is 0 Å². The van der Waals surface area contributed by atoms with Gasteiger partial charge in [0.25, 0.3) is 5.91 Å². The SMILES string of the molecule is Cl.Cl.O=C1N=C(N2CCCCN2)S/C1=C/c1cc(F)ccc1OC(=O)N1CCC(N2CCCC2)CC1. The largest absolute Gasteiger partial charge is 0.415 e. The summed E-state index contributed by atoms with van der Waals surface area (Å²) < 4.78 is 19.7. The number of carbonyl (C=O) groups is 2. The molecule has 1 N–H and O–H groups in total. The minimum Gasteiger partial charge on any atom is -0.410 e. The normalized spacial score (nSPS) is 22.3. The maximum absolute atomic E-state index is 14.0. The van der Waals surface area contributed by atoms with Crippen molar-refractivity contribution in [3.05, 3.63) is 34.5 Å². The Morgan fingerprint density at radius 2 is 1.81 bits per heavy atom. The molecule has 12 heteroatoms. The standard InChI is InChI=1S/C24H30FN5O3S.2ClH/c25-18-5-6-20(33-24(32)29-13-7-19(8-14-29)28-10-3-4-11-28)17(15-18)16-21-22(31)27-23(34-21)30-12-2-1-9-26-30;;/h5-6,15-16,19,26H,1-4,7-14H2;2*1H/b21-16+;;. The summed E-state index contributed by atoms with van der Waals surface area (Å²) in [4.78, 5) is 34.1. The number of thioether (sulfide) groups is 1. The first-order valence-electron chi connectivity index (χ1n) is 12.1. The molecule has 3 fully saturated rings. The van der Waals surface area contributed by atoms with E-state index in [1.165, 1.54) is 42.8 Å². The van der Waals surface area contributed by atoms with Gasteiger partial charge >= 0.3 is 6.09 Å². The zero-order chi connectivity index (χ0) is 23.5. The van der Waals surface area contributed by atoms with E-state index in [9.17, 15) is 14.0 Å². The van der Waals surface area contributed by atoms with Crippen LogP contribution in [0, 0.1) is 5.82 Å². The number of hydrogen-bond acceptors (Lipinski definition) is 7. The smallest absolute Gasteiger partial charge is 0.410 e. The summed E-state index contributed by atoms with van der Waals surface area (Å²) in [7, 11) is 0. The minimum atomic E-state index is -0.465. The number of amidine groups is 1. The number of nitrogens with zero attached hydrogens (tertiary/aromatic N) is 4. The quantitative estimate of drug-likeness (QED) is 0.553. The van der Waals surface area contributed by atoms with Gasteiger partial charge in [0, 0.05) is 37.8 Å². The molecule has 0 saturated carbocycles. The topological polar surface area (TPSA) is 77.5 Å². The fraction of sp³-hybridized carbons (Fsp3) is 0.542. The number of ether oxygens (including phenoxy) is 1. The van der Waals surface area contributed by atoms with Crippen LogP contribution in [0.15, 0.2) is 28.1 Å². The Hall–Kier alpha value is -1.85. The van der Waals surface area contributed by atoms with Gasteiger partial charge in [-0.15, -0.1) is 24.8 Å². The molecule has 0 atom stereocenters. The molecule has 0 unspecified atom stereocenters. The van der Waals surface area contributed by atoms with E-state index in [2.05, 4.69) is 15.3 Å². The van der Waals surface area contributed by atoms with Crippen molar-refractivity contribution in [3.8, 4) is 5.75 Å². The molecule has 0 bridgehead atoms. The summed E-state index contributed by atoms with van der Waals surface area (Å²) in [5.41, 5.74) is 3.58. The highest BCUT2D eigenvalue weighted by Crippen LogP contribution is 2.33. The van der Waals surface area contributed by atoms with E-state index in [0.717, 1.165) is 51.9 Å². The molecule has 0 aromatic heterocycles. The van der Waals surface area contributed by atoms with Gasteiger partial charge in [0.1, 0.15) is 11.6 Å². The van der Waals surface area contributed by atoms with Crippen molar-refractivity contribution in [2.45, 2.75) is 44.6 Å². The van der Waals surface area contributed by atoms with Gasteiger partial charge in [0.15, 0.2) is 5.17 Å². The van der Waals surface area contributed by atoms with Gasteiger partial charge in [-0.1, -0.05) is 0 Å². The van der Waals surface area contributed by atoms with Gasteiger partial charge in [-0.3, -0.25) is 9.80 Å². The Bertz CT molecular complexity index is 1010. The lowest BCUT2D eigenvalue weighted by Gasteiger charge is -2.36. The molecule has 1 aromatic rings. The van der Waals surface area contributed by atoms with Gasteiger partial charge in [0.2, 0.25) is 0 Å². The number of nitrogens with one attached hydrogen (secondary N) is 1. The highest BCUT2D eigenvalue weighted by atomic mass is 35.5. The summed E-state index contributed by atoms with van der Waals surface area (Å²) in [5, 5.41) is 2.47. The number of amides is 2. The van der Waals surface area contributed by atoms with Crippen LogP contribution in [0.25, 0.3) is 6.08 Å². The van der Waals surface area contributed by atoms with Gasteiger partial charge in [0.05, 0.1) is 4.91 Å². The third kappa shape index (κ3) is 6.72. The number of rotatable bonds is 3. The predicted octanol–water partition coefficient (Wildman–Crippen LogP) is 4.30. The highest BCUT2D eigenvalue weighted by molar-refractivity contribution is 8.18. The molecule has 0 spiro atoms. The van der Waals surface area contributed by atoms with E-state index >= 15 is 0 Å². The molecule has 36 heavy (non-hydrogen) atoms. The summed E-state index contributed by atoms with van der Waals surface area (Å²) in [6, 6.07) is 4.51. The van der Waals surface area contributed by atoms with Crippen LogP contribution in [0.5, 0.6) is 5.75 Å². The fourth-order valence-corrected chi connectivity index (χ4v) is 5.82. The lowest BCUT2D eigenvalue weighted by molar-refractivity contribution is -0.113. The van der Waals surface area contributed by atoms with Crippen LogP contribution < -0.4 is 10.2 Å². The van der Waals surface area contributed by atoms with Gasteiger partial charge in [-0.25, -0.2) is 14.6 Å². The van der Waals surface area contributed by atoms with Crippen LogP contribution in [0.1, 0.15) is 44.1 Å². The van der Waals surface area contributed by atoms with Crippen LogP contribution in [0.2, 0.25) is 0 Å². The summed E-state index contributed by atoms with van der Waals surface area (Å²) in [5.74, 6) is -0.608. The number of halogens is 3. The number of hydrazine groups is 1. The zero-order valence-corrected chi connectivity index (χ0v) is 22.4. The van der Waals surface area contributed by atoms with Gasteiger partial charge < -0.3 is 14.5 Å². The number of aliphatic imine (C=N–C) groups is 1. The summed E-state index contributed by atoms with van der Waals surface area (Å²) >= 11 is 1.24. The average molecular weight is 561 g/mol. The zero-order valence-electron chi connectivity index (χ0n) is 20.0. The maximum atomic E-state index is 14.0. The fourth-order valence-electron chi connectivity index (χ4n) is 4.91. The number of likely N-dealkylation sites (tertiary alicyclic amines) is 2. The van der Waals surface area contributed by atoms with Crippen LogP contribution in [-0.2, 0) is 4.79 Å². The van der Waals surface area contributed by atoms with Crippen LogP contribution in [0.3, 0.4) is 0 Å². The van der Waals surface area contributed by atoms with Gasteiger partial charge in [-0.05, 0) is 87.7 Å². The van der Waals surface area contributed by atoms with Gasteiger partial charge in [-0.2, -0.15) is 4.99 Å². The molecule has 1 aromatic carbocycles. The highest BCUT2D eigenvalue weighted by Gasteiger charge is 2.30. The molecule has 198 valence electrons. The number of hydrogen-bond donors (Lipinski definition) is 1. The average Bonchev–Trinajstić information content (AvgIpc) is 3.52. The van der Waals surface area contributed by atoms with E-state index < -0.39 is 11.9 Å². The Kier molecular flexibility index (Phi) is 10.4. The second-order valence-corrected chi connectivity index (χ2v) is 10.1. The third-order valence-electron chi connectivity index (χ3n) is 6.79. The number of carbonyl (C=O) groups excluding carboxylic acids is 2. The summed E-state index contributed by atoms with van der Waals surface area (Å²) in [6.07, 6.45) is 7.61. The van der Waals surface area contributed by atoms with Crippen LogP contribution in [-0.4, -0.2) is 77.3 Å². The molecular formula is C24H32Cl2FN5O3S. The molecular weight excluding hydrogens is 528 g/mol. The first-order chi connectivity index (χ1) is 16.6. The Labute approximate surface area is 227 Å². The van der Waals surface area contributed by atoms with E-state index in [1.807, 2.05) is 5.01 Å². The molecule has 8 nitrogen and oxygen atoms in total. The first kappa shape index (κ1) is 28.7. The molecule has 5 rings (SSSR count). The van der Waals surface area contributed by atoms with Crippen molar-refractivity contribution in [2.24, 2.45) is 4.99 Å². The maximum Gasteiger partial charge on any atom is 0.415 e. The molecule has 0 aliphatic carbocycles. The van der Waals surface area contributed by atoms with E-state index in [0.29, 0.717) is 34.8 Å². The first-order valence-corrected chi connectivity index (χ1v) is 12.9. The predicted molar refractivity (Wildman–Crippen MR) is 144 cm³/mol. The molecule has 2 amide bonds. The minimum absolute atomic E-state index is 0. The van der Waals surface area contributed by atoms with Crippen LogP contribution >= 0.6 is 36.6 Å². The Morgan fingerprint density at radius 3 is 2.50 bits per heavy atom. The number of piperidine rings is 1. The lowest BCUT2D eigenvalue weighted by atomic mass is 10.0. The second kappa shape index (κ2) is 13.1. The molecule has 3 saturated heterocycles. The monoisotopic (exact) mass is 559 g/mol. The van der Waals surface area contributed by atoms with E-state index in [4.69, 9.17) is 4.74 Å². The van der Waals surface area contributed by atoms with Crippen molar-refractivity contribution in [1.29, 1.82) is 0 Å². The van der Waals surface area contributed by atoms with Crippen molar-refractivity contribution in [2.75, 3.05) is 39.3 Å². The molecule has 4 aliphatic heterocycles. The van der Waals surface area contributed by atoms with Crippen molar-refractivity contribution in [1.82, 2.24) is 20.2 Å². The molecule has 4 heterocycles. The summed E-state index contributed by atoms with van der Waals surface area (Å²) in [6.45, 7) is 5.21. The molecule has 0 radical (unpaired) electrons. The lowest BCUT2D eigenvalue weighted by Crippen LogP contribution is -2.46. The van der Waals surface area contributed by atoms with E-state index in [1.54, 1.807) is 11.0 Å². The Balaban J connectivity index is 0.00000180. The molecule has 4 aliphatic rings. The Morgan fingerprint density at radius 1 is 1.08 bits per heavy atom.